The van der Waals surface area contributed by atoms with Crippen LogP contribution in [-0.2, 0) is 4.79 Å². The lowest BCUT2D eigenvalue weighted by Gasteiger charge is -2.34. The number of hydrogen-bond acceptors (Lipinski definition) is 7. The number of amides is 1. The predicted molar refractivity (Wildman–Crippen MR) is 114 cm³/mol. The van der Waals surface area contributed by atoms with Gasteiger partial charge in [-0.2, -0.15) is 4.98 Å². The van der Waals surface area contributed by atoms with Crippen molar-refractivity contribution in [1.82, 2.24) is 15.0 Å². The van der Waals surface area contributed by atoms with Crippen molar-refractivity contribution in [2.45, 2.75) is 31.7 Å². The average Bonchev–Trinajstić information content (AvgIpc) is 3.30. The van der Waals surface area contributed by atoms with E-state index in [2.05, 4.69) is 20.4 Å². The fourth-order valence-electron chi connectivity index (χ4n) is 3.76. The second-order valence-corrected chi connectivity index (χ2v) is 7.77. The largest absolute Gasteiger partial charge is 0.339 e. The Labute approximate surface area is 183 Å². The Kier molecular flexibility index (Phi) is 6.22. The number of non-ortho nitro benzene ring substituents is 1. The van der Waals surface area contributed by atoms with Crippen LogP contribution < -0.4 is 5.32 Å². The molecule has 1 aliphatic heterocycles. The fraction of sp³-hybridized carbons (Fsp3) is 0.318. The molecule has 3 aromatic rings. The van der Waals surface area contributed by atoms with Crippen molar-refractivity contribution >= 4 is 17.3 Å². The number of carbonyl (C=O) groups is 1. The summed E-state index contributed by atoms with van der Waals surface area (Å²) < 4.78 is 18.6. The summed E-state index contributed by atoms with van der Waals surface area (Å²) in [6.07, 6.45) is 1.73. The number of likely N-dealkylation sites (tertiary alicyclic amines) is 1. The molecule has 0 spiro atoms. The summed E-state index contributed by atoms with van der Waals surface area (Å²) in [5, 5.41) is 17.6. The van der Waals surface area contributed by atoms with Crippen LogP contribution in [-0.4, -0.2) is 45.0 Å². The molecule has 4 rings (SSSR count). The zero-order chi connectivity index (χ0) is 22.7. The first-order chi connectivity index (χ1) is 15.4. The van der Waals surface area contributed by atoms with Crippen molar-refractivity contribution < 1.29 is 18.6 Å². The van der Waals surface area contributed by atoms with Gasteiger partial charge >= 0.3 is 0 Å². The minimum absolute atomic E-state index is 0.0138. The molecule has 1 fully saturated rings. The Morgan fingerprint density at radius 3 is 2.66 bits per heavy atom. The summed E-state index contributed by atoms with van der Waals surface area (Å²) in [6, 6.07) is 11.2. The molecule has 1 aliphatic rings. The van der Waals surface area contributed by atoms with Gasteiger partial charge < -0.3 is 9.84 Å². The van der Waals surface area contributed by atoms with Crippen molar-refractivity contribution in [2.75, 3.05) is 18.4 Å². The number of hydrogen-bond donors (Lipinski definition) is 1. The van der Waals surface area contributed by atoms with Crippen molar-refractivity contribution in [3.8, 4) is 11.4 Å². The molecule has 0 aliphatic carbocycles. The number of nitro benzene ring substituents is 1. The summed E-state index contributed by atoms with van der Waals surface area (Å²) >= 11 is 0. The number of nitro groups is 1. The predicted octanol–water partition coefficient (Wildman–Crippen LogP) is 3.99. The van der Waals surface area contributed by atoms with Gasteiger partial charge in [-0.15, -0.1) is 0 Å². The fourth-order valence-corrected chi connectivity index (χ4v) is 3.76. The highest BCUT2D eigenvalue weighted by Crippen LogP contribution is 2.29. The zero-order valence-corrected chi connectivity index (χ0v) is 17.4. The number of halogens is 1. The number of carbonyl (C=O) groups excluding carboxylic acids is 1. The number of anilines is 1. The smallest absolute Gasteiger partial charge is 0.269 e. The molecule has 2 heterocycles. The maximum atomic E-state index is 13.1. The van der Waals surface area contributed by atoms with Gasteiger partial charge in [0.1, 0.15) is 5.82 Å². The third kappa shape index (κ3) is 4.80. The lowest BCUT2D eigenvalue weighted by Crippen LogP contribution is -2.46. The van der Waals surface area contributed by atoms with E-state index in [1.54, 1.807) is 12.1 Å². The van der Waals surface area contributed by atoms with Crippen LogP contribution in [0.5, 0.6) is 0 Å². The molecular formula is C22H22FN5O4. The molecular weight excluding hydrogens is 417 g/mol. The molecule has 1 aromatic heterocycles. The first-order valence-corrected chi connectivity index (χ1v) is 10.3. The van der Waals surface area contributed by atoms with E-state index in [0.717, 1.165) is 19.4 Å². The monoisotopic (exact) mass is 439 g/mol. The Morgan fingerprint density at radius 1 is 1.25 bits per heavy atom. The highest BCUT2D eigenvalue weighted by molar-refractivity contribution is 5.94. The molecule has 2 atom stereocenters. The quantitative estimate of drug-likeness (QED) is 0.456. The van der Waals surface area contributed by atoms with Crippen LogP contribution in [0.2, 0.25) is 0 Å². The number of rotatable bonds is 6. The van der Waals surface area contributed by atoms with E-state index in [4.69, 9.17) is 4.52 Å². The molecule has 1 N–H and O–H groups in total. The molecule has 0 saturated carbocycles. The molecule has 10 heteroatoms. The van der Waals surface area contributed by atoms with Gasteiger partial charge in [-0.05, 0) is 62.7 Å². The van der Waals surface area contributed by atoms with Gasteiger partial charge in [-0.1, -0.05) is 5.16 Å². The second kappa shape index (κ2) is 9.23. The van der Waals surface area contributed by atoms with Gasteiger partial charge in [0.2, 0.25) is 17.6 Å². The van der Waals surface area contributed by atoms with Crippen molar-refractivity contribution in [3.05, 3.63) is 70.4 Å². The molecule has 0 bridgehead atoms. The van der Waals surface area contributed by atoms with Crippen LogP contribution in [0.1, 0.15) is 31.6 Å². The standard InChI is InChI=1S/C22H22FN5O4/c1-14(21(29)24-18-8-10-19(11-9-18)28(30)31)27-12-2-3-16(13-27)22-25-20(26-32-22)15-4-6-17(23)7-5-15/h4-11,14,16H,2-3,12-13H2,1H3,(H,24,29). The van der Waals surface area contributed by atoms with E-state index in [1.165, 1.54) is 36.4 Å². The van der Waals surface area contributed by atoms with E-state index in [0.29, 0.717) is 29.5 Å². The minimum Gasteiger partial charge on any atom is -0.339 e. The number of benzene rings is 2. The molecule has 166 valence electrons. The van der Waals surface area contributed by atoms with Gasteiger partial charge in [0.05, 0.1) is 16.9 Å². The lowest BCUT2D eigenvalue weighted by atomic mass is 9.96. The minimum atomic E-state index is -0.485. The lowest BCUT2D eigenvalue weighted by molar-refractivity contribution is -0.384. The van der Waals surface area contributed by atoms with Gasteiger partial charge in [0.15, 0.2) is 0 Å². The third-order valence-corrected chi connectivity index (χ3v) is 5.62. The topological polar surface area (TPSA) is 114 Å². The maximum absolute atomic E-state index is 13.1. The Balaban J connectivity index is 1.39. The molecule has 0 radical (unpaired) electrons. The van der Waals surface area contributed by atoms with E-state index in [9.17, 15) is 19.3 Å². The van der Waals surface area contributed by atoms with E-state index >= 15 is 0 Å². The molecule has 32 heavy (non-hydrogen) atoms. The Hall–Kier alpha value is -3.66. The van der Waals surface area contributed by atoms with Gasteiger partial charge in [0.25, 0.3) is 5.69 Å². The average molecular weight is 439 g/mol. The first kappa shape index (κ1) is 21.6. The van der Waals surface area contributed by atoms with E-state index in [1.807, 2.05) is 6.92 Å². The SMILES string of the molecule is CC(C(=O)Nc1ccc([N+](=O)[O-])cc1)N1CCCC(c2nc(-c3ccc(F)cc3)no2)C1. The van der Waals surface area contributed by atoms with Crippen LogP contribution in [0.15, 0.2) is 53.1 Å². The summed E-state index contributed by atoms with van der Waals surface area (Å²) in [7, 11) is 0. The van der Waals surface area contributed by atoms with Crippen molar-refractivity contribution in [1.29, 1.82) is 0 Å². The van der Waals surface area contributed by atoms with Crippen LogP contribution >= 0.6 is 0 Å². The van der Waals surface area contributed by atoms with Gasteiger partial charge in [-0.25, -0.2) is 4.39 Å². The normalized spacial score (nSPS) is 17.6. The Morgan fingerprint density at radius 2 is 1.97 bits per heavy atom. The van der Waals surface area contributed by atoms with E-state index < -0.39 is 11.0 Å². The summed E-state index contributed by atoms with van der Waals surface area (Å²) in [4.78, 5) is 29.5. The molecule has 2 unspecified atom stereocenters. The molecule has 1 amide bonds. The number of aromatic nitrogens is 2. The highest BCUT2D eigenvalue weighted by atomic mass is 19.1. The van der Waals surface area contributed by atoms with Crippen molar-refractivity contribution in [3.63, 3.8) is 0 Å². The van der Waals surface area contributed by atoms with Crippen LogP contribution in [0.3, 0.4) is 0 Å². The molecule has 9 nitrogen and oxygen atoms in total. The zero-order valence-electron chi connectivity index (χ0n) is 17.4. The Bertz CT molecular complexity index is 1100. The summed E-state index contributed by atoms with van der Waals surface area (Å²) in [5.74, 6) is 0.358. The molecule has 2 aromatic carbocycles. The number of piperidine rings is 1. The van der Waals surface area contributed by atoms with E-state index in [-0.39, 0.29) is 23.3 Å². The summed E-state index contributed by atoms with van der Waals surface area (Å²) in [5.41, 5.74) is 1.14. The number of nitrogens with one attached hydrogen (secondary N) is 1. The summed E-state index contributed by atoms with van der Waals surface area (Å²) in [6.45, 7) is 3.16. The first-order valence-electron chi connectivity index (χ1n) is 10.3. The van der Waals surface area contributed by atoms with Crippen LogP contribution in [0.4, 0.5) is 15.8 Å². The van der Waals surface area contributed by atoms with Crippen LogP contribution in [0.25, 0.3) is 11.4 Å². The van der Waals surface area contributed by atoms with Gasteiger partial charge in [0, 0.05) is 29.9 Å². The second-order valence-electron chi connectivity index (χ2n) is 7.77. The third-order valence-electron chi connectivity index (χ3n) is 5.62. The number of nitrogens with zero attached hydrogens (tertiary/aromatic N) is 4. The van der Waals surface area contributed by atoms with Crippen LogP contribution in [0, 0.1) is 15.9 Å². The highest BCUT2D eigenvalue weighted by Gasteiger charge is 2.31. The maximum Gasteiger partial charge on any atom is 0.269 e. The van der Waals surface area contributed by atoms with Crippen molar-refractivity contribution in [2.24, 2.45) is 0 Å². The van der Waals surface area contributed by atoms with Gasteiger partial charge in [-0.3, -0.25) is 19.8 Å². The molecule has 1 saturated heterocycles.